The van der Waals surface area contributed by atoms with Crippen LogP contribution in [0.1, 0.15) is 32.4 Å². The Hall–Kier alpha value is -0.900. The first-order valence-electron chi connectivity index (χ1n) is 6.30. The second kappa shape index (κ2) is 6.88. The van der Waals surface area contributed by atoms with E-state index in [0.717, 1.165) is 5.56 Å². The van der Waals surface area contributed by atoms with Crippen LogP contribution in [0, 0.1) is 5.41 Å². The van der Waals surface area contributed by atoms with E-state index in [1.54, 1.807) is 7.11 Å². The molecule has 0 radical (unpaired) electrons. The molecule has 0 aliphatic heterocycles. The van der Waals surface area contributed by atoms with Crippen LogP contribution in [-0.2, 0) is 9.47 Å². The van der Waals surface area contributed by atoms with Gasteiger partial charge in [-0.3, -0.25) is 0 Å². The molecule has 0 saturated carbocycles. The molecular weight excluding hydrogens is 228 g/mol. The van der Waals surface area contributed by atoms with Crippen molar-refractivity contribution < 1.29 is 14.6 Å². The van der Waals surface area contributed by atoms with E-state index in [2.05, 4.69) is 0 Å². The average Bonchev–Trinajstić information content (AvgIpc) is 2.34. The number of rotatable bonds is 6. The highest BCUT2D eigenvalue weighted by Gasteiger charge is 2.32. The molecule has 18 heavy (non-hydrogen) atoms. The van der Waals surface area contributed by atoms with E-state index in [-0.39, 0.29) is 11.5 Å². The highest BCUT2D eigenvalue weighted by Crippen LogP contribution is 2.32. The Morgan fingerprint density at radius 1 is 1.11 bits per heavy atom. The Morgan fingerprint density at radius 3 is 2.22 bits per heavy atom. The maximum Gasteiger partial charge on any atom is 0.109 e. The van der Waals surface area contributed by atoms with Gasteiger partial charge in [0.2, 0.25) is 0 Å². The van der Waals surface area contributed by atoms with Crippen LogP contribution < -0.4 is 0 Å². The van der Waals surface area contributed by atoms with Gasteiger partial charge in [-0.15, -0.1) is 0 Å². The molecule has 1 aromatic rings. The lowest BCUT2D eigenvalue weighted by Crippen LogP contribution is -2.34. The minimum atomic E-state index is -0.559. The molecule has 3 heteroatoms. The Kier molecular flexibility index (Phi) is 5.79. The van der Waals surface area contributed by atoms with Crippen LogP contribution in [0.3, 0.4) is 0 Å². The second-order valence-corrected chi connectivity index (χ2v) is 5.51. The van der Waals surface area contributed by atoms with Gasteiger partial charge >= 0.3 is 0 Å². The Balaban J connectivity index is 2.82. The number of hydrogen-bond donors (Lipinski definition) is 1. The van der Waals surface area contributed by atoms with E-state index in [9.17, 15) is 5.11 Å². The van der Waals surface area contributed by atoms with Crippen molar-refractivity contribution in [1.82, 2.24) is 0 Å². The molecule has 2 atom stereocenters. The maximum absolute atomic E-state index is 10.4. The first kappa shape index (κ1) is 15.2. The molecule has 0 amide bonds. The van der Waals surface area contributed by atoms with E-state index in [0.29, 0.717) is 13.2 Å². The first-order chi connectivity index (χ1) is 8.46. The van der Waals surface area contributed by atoms with Crippen molar-refractivity contribution >= 4 is 0 Å². The first-order valence-corrected chi connectivity index (χ1v) is 6.30. The minimum Gasteiger partial charge on any atom is -0.390 e. The lowest BCUT2D eigenvalue weighted by atomic mass is 9.83. The molecule has 1 aromatic carbocycles. The number of ether oxygens (including phenoxy) is 2. The molecule has 102 valence electrons. The number of aliphatic hydroxyl groups excluding tert-OH is 1. The average molecular weight is 252 g/mol. The van der Waals surface area contributed by atoms with Crippen molar-refractivity contribution in [1.29, 1.82) is 0 Å². The fourth-order valence-electron chi connectivity index (χ4n) is 1.72. The molecule has 0 fully saturated rings. The topological polar surface area (TPSA) is 38.7 Å². The van der Waals surface area contributed by atoms with Crippen molar-refractivity contribution in [2.24, 2.45) is 5.41 Å². The summed E-state index contributed by atoms with van der Waals surface area (Å²) < 4.78 is 10.8. The molecule has 0 saturated heterocycles. The third-order valence-electron chi connectivity index (χ3n) is 2.89. The van der Waals surface area contributed by atoms with Crippen LogP contribution in [0.25, 0.3) is 0 Å². The predicted molar refractivity (Wildman–Crippen MR) is 72.5 cm³/mol. The number of aliphatic hydroxyl groups is 1. The normalized spacial score (nSPS) is 15.4. The van der Waals surface area contributed by atoms with Gasteiger partial charge in [0.05, 0.1) is 19.3 Å². The molecule has 2 unspecified atom stereocenters. The fourth-order valence-corrected chi connectivity index (χ4v) is 1.72. The summed E-state index contributed by atoms with van der Waals surface area (Å²) in [6.07, 6.45) is -0.877. The summed E-state index contributed by atoms with van der Waals surface area (Å²) in [4.78, 5) is 0. The van der Waals surface area contributed by atoms with Crippen molar-refractivity contribution in [2.75, 3.05) is 20.3 Å². The molecule has 0 aromatic heterocycles. The SMILES string of the molecule is COCCOC(c1ccccc1)C(O)C(C)(C)C. The summed E-state index contributed by atoms with van der Waals surface area (Å²) >= 11 is 0. The fraction of sp³-hybridized carbons (Fsp3) is 0.600. The van der Waals surface area contributed by atoms with Gasteiger partial charge in [-0.05, 0) is 11.0 Å². The van der Waals surface area contributed by atoms with E-state index in [1.807, 2.05) is 51.1 Å². The van der Waals surface area contributed by atoms with Crippen molar-refractivity contribution in [2.45, 2.75) is 33.0 Å². The molecule has 0 aliphatic carbocycles. The van der Waals surface area contributed by atoms with Crippen LogP contribution in [0.2, 0.25) is 0 Å². The number of methoxy groups -OCH3 is 1. The number of benzene rings is 1. The van der Waals surface area contributed by atoms with Crippen molar-refractivity contribution in [3.63, 3.8) is 0 Å². The van der Waals surface area contributed by atoms with Gasteiger partial charge in [0, 0.05) is 7.11 Å². The zero-order valence-corrected chi connectivity index (χ0v) is 11.7. The molecule has 1 N–H and O–H groups in total. The second-order valence-electron chi connectivity index (χ2n) is 5.51. The van der Waals surface area contributed by atoms with Crippen LogP contribution in [0.4, 0.5) is 0 Å². The molecule has 3 nitrogen and oxygen atoms in total. The molecular formula is C15H24O3. The van der Waals surface area contributed by atoms with Gasteiger partial charge in [0.15, 0.2) is 0 Å². The molecule has 0 bridgehead atoms. The van der Waals surface area contributed by atoms with Crippen molar-refractivity contribution in [3.05, 3.63) is 35.9 Å². The maximum atomic E-state index is 10.4. The zero-order valence-electron chi connectivity index (χ0n) is 11.7. The van der Waals surface area contributed by atoms with Crippen LogP contribution >= 0.6 is 0 Å². The smallest absolute Gasteiger partial charge is 0.109 e. The molecule has 1 rings (SSSR count). The van der Waals surface area contributed by atoms with Gasteiger partial charge in [-0.1, -0.05) is 51.1 Å². The standard InChI is InChI=1S/C15H24O3/c1-15(2,3)14(16)13(18-11-10-17-4)12-8-6-5-7-9-12/h5-9,13-14,16H,10-11H2,1-4H3. The van der Waals surface area contributed by atoms with Crippen LogP contribution in [0.15, 0.2) is 30.3 Å². The van der Waals surface area contributed by atoms with Crippen molar-refractivity contribution in [3.8, 4) is 0 Å². The summed E-state index contributed by atoms with van der Waals surface area (Å²) in [5.74, 6) is 0. The van der Waals surface area contributed by atoms with E-state index >= 15 is 0 Å². The highest BCUT2D eigenvalue weighted by molar-refractivity contribution is 5.19. The summed E-state index contributed by atoms with van der Waals surface area (Å²) in [6.45, 7) is 7.03. The Morgan fingerprint density at radius 2 is 1.72 bits per heavy atom. The minimum absolute atomic E-state index is 0.229. The molecule has 0 aliphatic rings. The third kappa shape index (κ3) is 4.41. The zero-order chi connectivity index (χ0) is 13.6. The van der Waals surface area contributed by atoms with Crippen LogP contribution in [0.5, 0.6) is 0 Å². The predicted octanol–water partition coefficient (Wildman–Crippen LogP) is 2.80. The largest absolute Gasteiger partial charge is 0.390 e. The summed E-state index contributed by atoms with van der Waals surface area (Å²) in [7, 11) is 1.64. The lowest BCUT2D eigenvalue weighted by molar-refractivity contribution is -0.0927. The summed E-state index contributed by atoms with van der Waals surface area (Å²) in [5.41, 5.74) is 0.768. The van der Waals surface area contributed by atoms with Gasteiger partial charge in [-0.2, -0.15) is 0 Å². The van der Waals surface area contributed by atoms with Gasteiger partial charge in [0.1, 0.15) is 6.10 Å². The van der Waals surface area contributed by atoms with Gasteiger partial charge in [-0.25, -0.2) is 0 Å². The molecule has 0 spiro atoms. The monoisotopic (exact) mass is 252 g/mol. The number of hydrogen-bond acceptors (Lipinski definition) is 3. The quantitative estimate of drug-likeness (QED) is 0.791. The third-order valence-corrected chi connectivity index (χ3v) is 2.89. The Bertz CT molecular complexity index is 329. The highest BCUT2D eigenvalue weighted by atomic mass is 16.5. The van der Waals surface area contributed by atoms with Gasteiger partial charge in [0.25, 0.3) is 0 Å². The Labute approximate surface area is 110 Å². The van der Waals surface area contributed by atoms with E-state index < -0.39 is 6.10 Å². The lowest BCUT2D eigenvalue weighted by Gasteiger charge is -2.33. The summed E-state index contributed by atoms with van der Waals surface area (Å²) in [6, 6.07) is 9.83. The summed E-state index contributed by atoms with van der Waals surface area (Å²) in [5, 5.41) is 10.4. The van der Waals surface area contributed by atoms with Gasteiger partial charge < -0.3 is 14.6 Å². The van der Waals surface area contributed by atoms with E-state index in [4.69, 9.17) is 9.47 Å². The molecule has 0 heterocycles. The van der Waals surface area contributed by atoms with Crippen LogP contribution in [-0.4, -0.2) is 31.5 Å². The van der Waals surface area contributed by atoms with E-state index in [1.165, 1.54) is 0 Å².